The quantitative estimate of drug-likeness (QED) is 0.0347. The van der Waals surface area contributed by atoms with Gasteiger partial charge in [0.15, 0.2) is 19.8 Å². The Labute approximate surface area is 844 Å². The normalized spacial score (nSPS) is 14.7. The third kappa shape index (κ3) is 29.2. The van der Waals surface area contributed by atoms with Crippen molar-refractivity contribution < 1.29 is 52.3 Å². The van der Waals surface area contributed by atoms with Crippen LogP contribution in [-0.4, -0.2) is 299 Å². The van der Waals surface area contributed by atoms with E-state index < -0.39 is 0 Å². The number of carbonyl (C=O) groups is 3. The van der Waals surface area contributed by atoms with E-state index >= 15 is 0 Å². The number of fused-ring (bicyclic) bond motifs is 3. The highest BCUT2D eigenvalue weighted by Gasteiger charge is 2.31. The summed E-state index contributed by atoms with van der Waals surface area (Å²) < 4.78 is 51.7. The van der Waals surface area contributed by atoms with E-state index in [4.69, 9.17) is 92.9 Å². The molecular formula is C108H128Cl3N17O14. The zero-order valence-electron chi connectivity index (χ0n) is 82.7. The molecule has 7 heterocycles. The van der Waals surface area contributed by atoms with Crippen LogP contribution in [0.3, 0.4) is 0 Å². The van der Waals surface area contributed by atoms with Crippen molar-refractivity contribution in [3.05, 3.63) is 280 Å². The Balaban J connectivity index is 0.000000169. The van der Waals surface area contributed by atoms with Crippen LogP contribution in [0, 0.1) is 11.3 Å². The SMILES string of the molecule is CC(C)Oc1ccc(CN(C)CCC#N)cc1-n1c(CN2CCN(C(=O)COc3ccc(Cl)cc3)CC2)nc2ccccc2c1=O.CC(C)Oc1ccc(CN2CCN(C)CC2)cc1-n1c(CN2CCN(C(=O)COc3ccc(Cl)cc3)CC2)nc2ccccc2c1=O.COCCN(CCOC)Cc1ccc(OC(C)C)c(-n2c(CN3CCN(C(=O)COc4ccc(Cl)cc4)CC3)nc3ccccc3c2=O)c1. The van der Waals surface area contributed by atoms with Gasteiger partial charge >= 0.3 is 0 Å². The lowest BCUT2D eigenvalue weighted by Crippen LogP contribution is -2.50. The molecule has 3 aromatic heterocycles. The Kier molecular flexibility index (Phi) is 38.2. The van der Waals surface area contributed by atoms with E-state index in [2.05, 4.69) is 59.5 Å². The molecule has 31 nitrogen and oxygen atoms in total. The van der Waals surface area contributed by atoms with Crippen LogP contribution in [0.25, 0.3) is 49.8 Å². The fourth-order valence-electron chi connectivity index (χ4n) is 17.4. The first-order valence-corrected chi connectivity index (χ1v) is 49.6. The number of hydrogen-bond donors (Lipinski definition) is 0. The van der Waals surface area contributed by atoms with Crippen molar-refractivity contribution in [1.82, 2.24) is 77.7 Å². The summed E-state index contributed by atoms with van der Waals surface area (Å²) in [4.78, 5) is 118. The number of para-hydroxylation sites is 3. The summed E-state index contributed by atoms with van der Waals surface area (Å²) in [6.45, 7) is 29.5. The largest absolute Gasteiger partial charge is 0.489 e. The van der Waals surface area contributed by atoms with Gasteiger partial charge in [-0.3, -0.25) is 67.0 Å². The first-order valence-electron chi connectivity index (χ1n) is 48.4. The van der Waals surface area contributed by atoms with Gasteiger partial charge in [-0.05, 0) is 218 Å². The third-order valence-corrected chi connectivity index (χ3v) is 25.7. The number of ether oxygens (including phenoxy) is 8. The van der Waals surface area contributed by atoms with Gasteiger partial charge in [-0.15, -0.1) is 0 Å². The molecule has 4 aliphatic heterocycles. The minimum Gasteiger partial charge on any atom is -0.489 e. The first kappa shape index (κ1) is 105. The van der Waals surface area contributed by atoms with Crippen molar-refractivity contribution >= 4 is 85.2 Å². The van der Waals surface area contributed by atoms with Crippen LogP contribution in [0.2, 0.25) is 15.1 Å². The maximum absolute atomic E-state index is 14.3. The van der Waals surface area contributed by atoms with Crippen LogP contribution in [0.15, 0.2) is 215 Å². The van der Waals surface area contributed by atoms with Gasteiger partial charge in [0, 0.05) is 180 Å². The Morgan fingerprint density at radius 2 is 0.690 bits per heavy atom. The average Bonchev–Trinajstić information content (AvgIpc) is 0.775. The van der Waals surface area contributed by atoms with E-state index in [0.29, 0.717) is 254 Å². The summed E-state index contributed by atoms with van der Waals surface area (Å²) in [5, 5.41) is 12.5. The van der Waals surface area contributed by atoms with E-state index in [9.17, 15) is 28.8 Å². The molecule has 0 N–H and O–H groups in total. The molecule has 0 aliphatic carbocycles. The minimum atomic E-state index is -0.169. The predicted octanol–water partition coefficient (Wildman–Crippen LogP) is 13.8. The van der Waals surface area contributed by atoms with Gasteiger partial charge in [-0.2, -0.15) is 5.26 Å². The summed E-state index contributed by atoms with van der Waals surface area (Å²) in [5.74, 6) is 5.27. The summed E-state index contributed by atoms with van der Waals surface area (Å²) >= 11 is 17.9. The van der Waals surface area contributed by atoms with Crippen molar-refractivity contribution in [2.24, 2.45) is 0 Å². The van der Waals surface area contributed by atoms with E-state index in [0.717, 1.165) is 62.5 Å². The summed E-state index contributed by atoms with van der Waals surface area (Å²) in [6, 6.07) is 63.4. The number of nitrogens with zero attached hydrogens (tertiary/aromatic N) is 17. The Bertz CT molecular complexity index is 6470. The lowest BCUT2D eigenvalue weighted by atomic mass is 10.1. The molecular weight excluding hydrogens is 1870 g/mol. The monoisotopic (exact) mass is 1990 g/mol. The molecule has 0 bridgehead atoms. The van der Waals surface area contributed by atoms with Crippen LogP contribution in [0.4, 0.5) is 0 Å². The number of methoxy groups -OCH3 is 2. The summed E-state index contributed by atoms with van der Waals surface area (Å²) in [5.41, 5.74) is 6.61. The molecule has 12 aromatic rings. The van der Waals surface area contributed by atoms with E-state index in [-0.39, 0.29) is 72.5 Å². The molecule has 4 aliphatic rings. The smallest absolute Gasteiger partial charge is 0.266 e. The number of nitriles is 1. The molecule has 0 spiro atoms. The fourth-order valence-corrected chi connectivity index (χ4v) is 17.8. The molecule has 4 saturated heterocycles. The Morgan fingerprint density at radius 3 is 1.01 bits per heavy atom. The number of benzene rings is 9. The van der Waals surface area contributed by atoms with Crippen LogP contribution >= 0.6 is 34.8 Å². The van der Waals surface area contributed by atoms with Gasteiger partial charge in [-0.25, -0.2) is 15.0 Å². The molecule has 3 amide bonds. The lowest BCUT2D eigenvalue weighted by molar-refractivity contribution is -0.135. The number of halogens is 3. The third-order valence-electron chi connectivity index (χ3n) is 24.9. The van der Waals surface area contributed by atoms with Gasteiger partial charge in [-0.1, -0.05) is 89.4 Å². The number of hydrogen-bond acceptors (Lipinski definition) is 25. The highest BCUT2D eigenvalue weighted by Crippen LogP contribution is 2.34. The van der Waals surface area contributed by atoms with Crippen molar-refractivity contribution in [3.8, 4) is 57.6 Å². The second-order valence-electron chi connectivity index (χ2n) is 36.6. The molecule has 9 aromatic carbocycles. The molecule has 142 heavy (non-hydrogen) atoms. The molecule has 0 atom stereocenters. The number of likely N-dealkylation sites (N-methyl/N-ethyl adjacent to an activating group) is 1. The maximum atomic E-state index is 14.3. The van der Waals surface area contributed by atoms with Crippen molar-refractivity contribution in [3.63, 3.8) is 0 Å². The molecule has 0 unspecified atom stereocenters. The van der Waals surface area contributed by atoms with Crippen LogP contribution in [-0.2, 0) is 63.1 Å². The Morgan fingerprint density at radius 1 is 0.387 bits per heavy atom. The number of rotatable bonds is 38. The molecule has 34 heteroatoms. The van der Waals surface area contributed by atoms with E-state index in [1.165, 1.54) is 0 Å². The molecule has 0 saturated carbocycles. The maximum Gasteiger partial charge on any atom is 0.266 e. The summed E-state index contributed by atoms with van der Waals surface area (Å²) in [7, 11) is 7.52. The molecule has 16 rings (SSSR count). The number of aromatic nitrogens is 6. The van der Waals surface area contributed by atoms with E-state index in [1.54, 1.807) is 112 Å². The second kappa shape index (κ2) is 51.5. The van der Waals surface area contributed by atoms with Crippen molar-refractivity contribution in [1.29, 1.82) is 5.26 Å². The topological polar surface area (TPSA) is 286 Å². The molecule has 4 fully saturated rings. The highest BCUT2D eigenvalue weighted by molar-refractivity contribution is 6.31. The number of piperazine rings is 4. The highest BCUT2D eigenvalue weighted by atomic mass is 35.5. The predicted molar refractivity (Wildman–Crippen MR) is 554 cm³/mol. The van der Waals surface area contributed by atoms with Gasteiger partial charge in [0.05, 0.1) is 107 Å². The van der Waals surface area contributed by atoms with Gasteiger partial charge < -0.3 is 62.4 Å². The van der Waals surface area contributed by atoms with Gasteiger partial charge in [0.1, 0.15) is 52.0 Å². The zero-order chi connectivity index (χ0) is 100. The van der Waals surface area contributed by atoms with Gasteiger partial charge in [0.25, 0.3) is 34.4 Å². The average molecular weight is 1990 g/mol. The van der Waals surface area contributed by atoms with Crippen molar-refractivity contribution in [2.45, 2.75) is 106 Å². The summed E-state index contributed by atoms with van der Waals surface area (Å²) in [6.07, 6.45) is 0.153. The van der Waals surface area contributed by atoms with Crippen LogP contribution in [0.1, 0.15) is 82.1 Å². The second-order valence-corrected chi connectivity index (χ2v) is 38.0. The zero-order valence-corrected chi connectivity index (χ0v) is 84.9. The van der Waals surface area contributed by atoms with E-state index in [1.807, 2.05) is 168 Å². The molecule has 0 radical (unpaired) electrons. The lowest BCUT2D eigenvalue weighted by Gasteiger charge is -2.35. The minimum absolute atomic E-state index is 0.0312. The van der Waals surface area contributed by atoms with Gasteiger partial charge in [0.2, 0.25) is 0 Å². The Hall–Kier alpha value is -12.4. The molecule has 750 valence electrons. The van der Waals surface area contributed by atoms with Crippen molar-refractivity contribution in [2.75, 3.05) is 186 Å². The van der Waals surface area contributed by atoms with Crippen LogP contribution in [0.5, 0.6) is 34.5 Å². The number of amides is 3. The standard InChI is InChI=1S/C37H46ClN5O6.C36H43ClN6O4.C35H39ClN6O4/c1-27(2)49-34-14-9-28(24-41(19-21-46-3)20-22-47-4)23-33(34)43-35(39-32-8-6-5-7-31(32)37(43)45)25-40-15-17-42(18-16-40)36(44)26-48-30-12-10-29(38)11-13-30;1-26(2)47-33-13-8-27(23-40-16-14-39(3)15-17-40)22-32(33)43-34(38-31-7-5-4-6-30(31)36(43)45)24-41-18-20-42(21-19-41)35(44)25-46-29-11-9-28(37)10-12-29;1-25(2)46-32-14-9-26(22-39(3)16-6-15-37)21-31(32)42-33(38-30-8-5-4-7-29(30)35(42)44)23-40-17-19-41(20-18-40)34(43)24-45-28-12-10-27(36)11-13-28/h5-14,23,27H,15-22,24-26H2,1-4H3;4-13,22,26H,14-21,23-25H2,1-3H3;4-5,7-14,21,25H,6,16-20,22-24H2,1-3H3. The fraction of sp³-hybridized carbons (Fsp3) is 0.407. The van der Waals surface area contributed by atoms with Crippen LogP contribution < -0.4 is 45.1 Å². The number of carbonyl (C=O) groups excluding carboxylic acids is 3. The first-order chi connectivity index (χ1) is 68.7.